The maximum absolute atomic E-state index is 5.65. The fraction of sp³-hybridized carbons (Fsp3) is 0.812. The molecule has 3 heterocycles. The summed E-state index contributed by atoms with van der Waals surface area (Å²) in [5, 5.41) is 11.4. The summed E-state index contributed by atoms with van der Waals surface area (Å²) in [5.74, 6) is 2.65. The van der Waals surface area contributed by atoms with Crippen molar-refractivity contribution in [1.29, 1.82) is 0 Å². The van der Waals surface area contributed by atoms with E-state index in [1.165, 1.54) is 12.8 Å². The first-order valence-electron chi connectivity index (χ1n) is 8.79. The van der Waals surface area contributed by atoms with Gasteiger partial charge >= 0.3 is 0 Å². The summed E-state index contributed by atoms with van der Waals surface area (Å²) in [6, 6.07) is 0.309. The van der Waals surface area contributed by atoms with E-state index < -0.39 is 0 Å². The molecule has 3 rings (SSSR count). The molecule has 2 aliphatic heterocycles. The molecule has 0 bridgehead atoms. The van der Waals surface area contributed by atoms with E-state index in [9.17, 15) is 0 Å². The van der Waals surface area contributed by atoms with Gasteiger partial charge in [-0.3, -0.25) is 4.99 Å². The zero-order chi connectivity index (χ0) is 16.8. The topological polar surface area (TPSA) is 85.6 Å². The summed E-state index contributed by atoms with van der Waals surface area (Å²) < 4.78 is 12.7. The molecule has 1 fully saturated rings. The van der Waals surface area contributed by atoms with Gasteiger partial charge < -0.3 is 20.1 Å². The normalized spacial score (nSPS) is 23.0. The van der Waals surface area contributed by atoms with E-state index in [1.54, 1.807) is 7.11 Å². The number of halogens is 1. The lowest BCUT2D eigenvalue weighted by Gasteiger charge is -2.25. The van der Waals surface area contributed by atoms with Crippen molar-refractivity contribution in [1.82, 2.24) is 25.4 Å². The highest BCUT2D eigenvalue weighted by Gasteiger charge is 2.22. The van der Waals surface area contributed by atoms with Gasteiger partial charge in [-0.25, -0.2) is 9.67 Å². The molecular formula is C16H29IN6O2. The fourth-order valence-corrected chi connectivity index (χ4v) is 3.28. The lowest BCUT2D eigenvalue weighted by molar-refractivity contribution is 0.105. The van der Waals surface area contributed by atoms with Crippen molar-refractivity contribution < 1.29 is 9.47 Å². The van der Waals surface area contributed by atoms with Crippen LogP contribution in [0.15, 0.2) is 4.99 Å². The number of guanidine groups is 1. The fourth-order valence-electron chi connectivity index (χ4n) is 3.28. The number of rotatable bonds is 6. The molecule has 2 aliphatic rings. The number of aliphatic imine (C=N–C) groups is 1. The zero-order valence-corrected chi connectivity index (χ0v) is 17.4. The number of fused-ring (bicyclic) bond motifs is 1. The van der Waals surface area contributed by atoms with Crippen LogP contribution in [0.4, 0.5) is 0 Å². The third-order valence-corrected chi connectivity index (χ3v) is 4.52. The predicted octanol–water partition coefficient (Wildman–Crippen LogP) is 1.09. The van der Waals surface area contributed by atoms with Crippen LogP contribution in [0.1, 0.15) is 37.3 Å². The second kappa shape index (κ2) is 10.3. The van der Waals surface area contributed by atoms with Crippen molar-refractivity contribution in [3.63, 3.8) is 0 Å². The molecule has 0 aliphatic carbocycles. The smallest absolute Gasteiger partial charge is 0.191 e. The Morgan fingerprint density at radius 3 is 3.04 bits per heavy atom. The van der Waals surface area contributed by atoms with Crippen LogP contribution >= 0.6 is 24.0 Å². The highest BCUT2D eigenvalue weighted by atomic mass is 127. The average Bonchev–Trinajstić information content (AvgIpc) is 3.23. The maximum atomic E-state index is 5.65. The number of methoxy groups -OCH3 is 1. The minimum Gasteiger partial charge on any atom is -0.378 e. The lowest BCUT2D eigenvalue weighted by Crippen LogP contribution is -2.47. The maximum Gasteiger partial charge on any atom is 0.191 e. The Balaban J connectivity index is 0.00000225. The first-order chi connectivity index (χ1) is 11.8. The van der Waals surface area contributed by atoms with E-state index in [4.69, 9.17) is 9.47 Å². The van der Waals surface area contributed by atoms with Gasteiger partial charge in [-0.2, -0.15) is 5.10 Å². The predicted molar refractivity (Wildman–Crippen MR) is 106 cm³/mol. The van der Waals surface area contributed by atoms with E-state index in [-0.39, 0.29) is 24.0 Å². The molecule has 1 saturated heterocycles. The van der Waals surface area contributed by atoms with Crippen molar-refractivity contribution in [3.05, 3.63) is 11.6 Å². The minimum absolute atomic E-state index is 0. The van der Waals surface area contributed by atoms with Crippen LogP contribution in [0.3, 0.4) is 0 Å². The van der Waals surface area contributed by atoms with E-state index in [0.717, 1.165) is 56.6 Å². The van der Waals surface area contributed by atoms with E-state index in [2.05, 4.69) is 25.7 Å². The second-order valence-corrected chi connectivity index (χ2v) is 6.36. The summed E-state index contributed by atoms with van der Waals surface area (Å²) in [5.41, 5.74) is 0. The Morgan fingerprint density at radius 2 is 2.32 bits per heavy atom. The molecule has 1 aromatic heterocycles. The van der Waals surface area contributed by atoms with Crippen LogP contribution in [0.2, 0.25) is 0 Å². The molecule has 9 heteroatoms. The highest BCUT2D eigenvalue weighted by molar-refractivity contribution is 14.0. The number of ether oxygens (including phenoxy) is 2. The molecule has 2 atom stereocenters. The molecule has 0 amide bonds. The standard InChI is InChI=1S/C16H28N6O2.HI/c1-17-16(18-8-7-13-4-3-9-24-13)19-12-5-6-15-20-14(11-23-2)21-22(15)10-12;/h12-13H,3-11H2,1-2H3,(H2,17,18,19);1H. The average molecular weight is 464 g/mol. The van der Waals surface area contributed by atoms with Gasteiger partial charge in [-0.1, -0.05) is 0 Å². The van der Waals surface area contributed by atoms with Gasteiger partial charge in [0.15, 0.2) is 11.8 Å². The number of nitrogens with zero attached hydrogens (tertiary/aromatic N) is 4. The van der Waals surface area contributed by atoms with Gasteiger partial charge in [0, 0.05) is 39.8 Å². The number of aryl methyl sites for hydroxylation is 1. The van der Waals surface area contributed by atoms with Crippen molar-refractivity contribution in [3.8, 4) is 0 Å². The van der Waals surface area contributed by atoms with Gasteiger partial charge in [-0.15, -0.1) is 24.0 Å². The van der Waals surface area contributed by atoms with Crippen LogP contribution in [0.5, 0.6) is 0 Å². The summed E-state index contributed by atoms with van der Waals surface area (Å²) in [4.78, 5) is 8.83. The van der Waals surface area contributed by atoms with Crippen LogP contribution < -0.4 is 10.6 Å². The van der Waals surface area contributed by atoms with Crippen molar-refractivity contribution in [2.45, 2.75) is 57.4 Å². The summed E-state index contributed by atoms with van der Waals surface area (Å²) >= 11 is 0. The molecule has 0 aromatic carbocycles. The lowest BCUT2D eigenvalue weighted by atomic mass is 10.1. The first-order valence-corrected chi connectivity index (χ1v) is 8.79. The van der Waals surface area contributed by atoms with Crippen molar-refractivity contribution >= 4 is 29.9 Å². The summed E-state index contributed by atoms with van der Waals surface area (Å²) in [7, 11) is 3.47. The monoisotopic (exact) mass is 464 g/mol. The minimum atomic E-state index is 0. The SMILES string of the molecule is CN=C(NCCC1CCCO1)NC1CCc2nc(COC)nn2C1.I. The van der Waals surface area contributed by atoms with Gasteiger partial charge in [0.1, 0.15) is 12.4 Å². The zero-order valence-electron chi connectivity index (χ0n) is 15.0. The first kappa shape index (κ1) is 20.4. The molecule has 25 heavy (non-hydrogen) atoms. The van der Waals surface area contributed by atoms with Gasteiger partial charge in [0.25, 0.3) is 0 Å². The van der Waals surface area contributed by atoms with E-state index in [0.29, 0.717) is 18.8 Å². The third kappa shape index (κ3) is 5.78. The Morgan fingerprint density at radius 1 is 1.44 bits per heavy atom. The van der Waals surface area contributed by atoms with E-state index >= 15 is 0 Å². The molecule has 1 aromatic rings. The summed E-state index contributed by atoms with van der Waals surface area (Å²) in [6.45, 7) is 3.05. The van der Waals surface area contributed by atoms with Crippen LogP contribution in [0, 0.1) is 0 Å². The Hall–Kier alpha value is -0.940. The molecule has 2 unspecified atom stereocenters. The Bertz CT molecular complexity index is 559. The second-order valence-electron chi connectivity index (χ2n) is 6.36. The highest BCUT2D eigenvalue weighted by Crippen LogP contribution is 2.15. The van der Waals surface area contributed by atoms with Crippen LogP contribution in [-0.4, -0.2) is 60.2 Å². The van der Waals surface area contributed by atoms with Gasteiger partial charge in [-0.05, 0) is 25.7 Å². The number of hydrogen-bond donors (Lipinski definition) is 2. The molecule has 8 nitrogen and oxygen atoms in total. The van der Waals surface area contributed by atoms with Crippen molar-refractivity contribution in [2.75, 3.05) is 27.3 Å². The molecule has 142 valence electrons. The van der Waals surface area contributed by atoms with Crippen LogP contribution in [0.25, 0.3) is 0 Å². The van der Waals surface area contributed by atoms with Gasteiger partial charge in [0.2, 0.25) is 0 Å². The largest absolute Gasteiger partial charge is 0.378 e. The van der Waals surface area contributed by atoms with Crippen LogP contribution in [-0.2, 0) is 29.0 Å². The molecule has 0 radical (unpaired) electrons. The Labute approximate surface area is 166 Å². The molecule has 0 saturated carbocycles. The number of nitrogens with one attached hydrogen (secondary N) is 2. The quantitative estimate of drug-likeness (QED) is 0.373. The molecule has 2 N–H and O–H groups in total. The summed E-state index contributed by atoms with van der Waals surface area (Å²) in [6.07, 6.45) is 5.74. The van der Waals surface area contributed by atoms with Gasteiger partial charge in [0.05, 0.1) is 12.6 Å². The van der Waals surface area contributed by atoms with Crippen molar-refractivity contribution in [2.24, 2.45) is 4.99 Å². The Kier molecular flexibility index (Phi) is 8.37. The molecule has 0 spiro atoms. The number of aromatic nitrogens is 3. The third-order valence-electron chi connectivity index (χ3n) is 4.52. The van der Waals surface area contributed by atoms with E-state index in [1.807, 2.05) is 11.7 Å². The number of hydrogen-bond acceptors (Lipinski definition) is 5. The molecular weight excluding hydrogens is 435 g/mol.